The van der Waals surface area contributed by atoms with Crippen molar-refractivity contribution in [1.29, 1.82) is 5.26 Å². The number of ether oxygens (including phenoxy) is 1. The van der Waals surface area contributed by atoms with E-state index >= 15 is 0 Å². The van der Waals surface area contributed by atoms with Crippen LogP contribution in [0.1, 0.15) is 19.0 Å². The van der Waals surface area contributed by atoms with E-state index in [-0.39, 0.29) is 5.91 Å². The molecule has 0 saturated carbocycles. The molecule has 1 aliphatic rings. The van der Waals surface area contributed by atoms with Crippen molar-refractivity contribution in [1.82, 2.24) is 10.3 Å². The van der Waals surface area contributed by atoms with Gasteiger partial charge in [0.25, 0.3) is 0 Å². The molecule has 2 rings (SSSR count). The van der Waals surface area contributed by atoms with E-state index in [1.54, 1.807) is 12.1 Å². The Hall–Kier alpha value is -2.13. The minimum Gasteiger partial charge on any atom is -0.377 e. The second-order valence-electron chi connectivity index (χ2n) is 4.57. The number of hydrogen-bond acceptors (Lipinski definition) is 5. The Balaban J connectivity index is 2.17. The zero-order chi connectivity index (χ0) is 14.4. The van der Waals surface area contributed by atoms with E-state index in [1.165, 1.54) is 0 Å². The van der Waals surface area contributed by atoms with Gasteiger partial charge in [0, 0.05) is 13.1 Å². The Morgan fingerprint density at radius 1 is 1.65 bits per heavy atom. The van der Waals surface area contributed by atoms with Crippen LogP contribution in [-0.4, -0.2) is 43.2 Å². The molecule has 1 aromatic heterocycles. The Morgan fingerprint density at radius 2 is 2.50 bits per heavy atom. The number of nitrogens with zero attached hydrogens (tertiary/aromatic N) is 3. The molecule has 1 saturated heterocycles. The number of aromatic nitrogens is 1. The highest BCUT2D eigenvalue weighted by Crippen LogP contribution is 2.17. The highest BCUT2D eigenvalue weighted by atomic mass is 16.5. The van der Waals surface area contributed by atoms with Crippen molar-refractivity contribution < 1.29 is 9.53 Å². The fourth-order valence-corrected chi connectivity index (χ4v) is 2.11. The largest absolute Gasteiger partial charge is 0.377 e. The number of nitrogens with one attached hydrogen (secondary N) is 1. The first-order valence-corrected chi connectivity index (χ1v) is 6.75. The lowest BCUT2D eigenvalue weighted by atomic mass is 10.2. The normalized spacial score (nSPS) is 18.4. The number of pyridine rings is 1. The molecule has 0 bridgehead atoms. The summed E-state index contributed by atoms with van der Waals surface area (Å²) in [5, 5.41) is 11.8. The van der Waals surface area contributed by atoms with Crippen LogP contribution in [0, 0.1) is 11.3 Å². The molecule has 0 aliphatic carbocycles. The fourth-order valence-electron chi connectivity index (χ4n) is 2.11. The SMILES string of the molecule is CCCNC(=O)C1COCCN1c1cccc(C#N)n1. The summed E-state index contributed by atoms with van der Waals surface area (Å²) in [6, 6.07) is 6.86. The number of carbonyl (C=O) groups is 1. The standard InChI is InChI=1S/C14H18N4O2/c1-2-6-16-14(19)12-10-20-8-7-18(12)13-5-3-4-11(9-15)17-13/h3-5,12H,2,6-8,10H2,1H3,(H,16,19). The number of morpholine rings is 1. The number of amides is 1. The van der Waals surface area contributed by atoms with Crippen LogP contribution in [0.2, 0.25) is 0 Å². The minimum atomic E-state index is -0.392. The second kappa shape index (κ2) is 6.87. The molecule has 106 valence electrons. The molecular weight excluding hydrogens is 256 g/mol. The topological polar surface area (TPSA) is 78.2 Å². The molecular formula is C14H18N4O2. The van der Waals surface area contributed by atoms with Gasteiger partial charge in [-0.25, -0.2) is 4.98 Å². The lowest BCUT2D eigenvalue weighted by Gasteiger charge is -2.35. The van der Waals surface area contributed by atoms with Gasteiger partial charge in [0.1, 0.15) is 23.6 Å². The van der Waals surface area contributed by atoms with Gasteiger partial charge in [-0.3, -0.25) is 4.79 Å². The summed E-state index contributed by atoms with van der Waals surface area (Å²) in [4.78, 5) is 18.3. The zero-order valence-electron chi connectivity index (χ0n) is 11.5. The monoisotopic (exact) mass is 274 g/mol. The average molecular weight is 274 g/mol. The van der Waals surface area contributed by atoms with Gasteiger partial charge in [0.05, 0.1) is 13.2 Å². The zero-order valence-corrected chi connectivity index (χ0v) is 11.5. The minimum absolute atomic E-state index is 0.0595. The van der Waals surface area contributed by atoms with E-state index in [4.69, 9.17) is 10.00 Å². The van der Waals surface area contributed by atoms with Gasteiger partial charge in [0.2, 0.25) is 5.91 Å². The van der Waals surface area contributed by atoms with Crippen LogP contribution in [0.5, 0.6) is 0 Å². The molecule has 0 aromatic carbocycles. The molecule has 0 spiro atoms. The van der Waals surface area contributed by atoms with Crippen LogP contribution in [0.4, 0.5) is 5.82 Å². The molecule has 2 heterocycles. The molecule has 1 aromatic rings. The third kappa shape index (κ3) is 3.25. The van der Waals surface area contributed by atoms with Gasteiger partial charge in [0.15, 0.2) is 0 Å². The van der Waals surface area contributed by atoms with Gasteiger partial charge >= 0.3 is 0 Å². The third-order valence-electron chi connectivity index (χ3n) is 3.12. The van der Waals surface area contributed by atoms with E-state index in [0.29, 0.717) is 37.8 Å². The van der Waals surface area contributed by atoms with Crippen molar-refractivity contribution in [3.05, 3.63) is 23.9 Å². The van der Waals surface area contributed by atoms with Gasteiger partial charge < -0.3 is 15.0 Å². The molecule has 1 unspecified atom stereocenters. The van der Waals surface area contributed by atoms with Crippen LogP contribution in [0.3, 0.4) is 0 Å². The Kier molecular flexibility index (Phi) is 4.91. The summed E-state index contributed by atoms with van der Waals surface area (Å²) in [6.07, 6.45) is 0.890. The maximum atomic E-state index is 12.2. The molecule has 6 heteroatoms. The van der Waals surface area contributed by atoms with Crippen LogP contribution < -0.4 is 10.2 Å². The predicted molar refractivity (Wildman–Crippen MR) is 74.2 cm³/mol. The molecule has 20 heavy (non-hydrogen) atoms. The van der Waals surface area contributed by atoms with E-state index in [9.17, 15) is 4.79 Å². The number of nitriles is 1. The van der Waals surface area contributed by atoms with E-state index < -0.39 is 6.04 Å². The van der Waals surface area contributed by atoms with Crippen LogP contribution >= 0.6 is 0 Å². The molecule has 1 N–H and O–H groups in total. The van der Waals surface area contributed by atoms with E-state index in [0.717, 1.165) is 6.42 Å². The van der Waals surface area contributed by atoms with Crippen molar-refractivity contribution >= 4 is 11.7 Å². The third-order valence-corrected chi connectivity index (χ3v) is 3.12. The molecule has 1 amide bonds. The predicted octanol–water partition coefficient (Wildman–Crippen LogP) is 0.685. The summed E-state index contributed by atoms with van der Waals surface area (Å²) < 4.78 is 5.40. The first kappa shape index (κ1) is 14.3. The van der Waals surface area contributed by atoms with Crippen LogP contribution in [-0.2, 0) is 9.53 Å². The summed E-state index contributed by atoms with van der Waals surface area (Å²) >= 11 is 0. The molecule has 0 radical (unpaired) electrons. The molecule has 6 nitrogen and oxygen atoms in total. The van der Waals surface area contributed by atoms with Gasteiger partial charge in [-0.15, -0.1) is 0 Å². The second-order valence-corrected chi connectivity index (χ2v) is 4.57. The first-order valence-electron chi connectivity index (χ1n) is 6.75. The lowest BCUT2D eigenvalue weighted by Crippen LogP contribution is -2.54. The Labute approximate surface area is 118 Å². The van der Waals surface area contributed by atoms with E-state index in [2.05, 4.69) is 10.3 Å². The lowest BCUT2D eigenvalue weighted by molar-refractivity contribution is -0.124. The highest BCUT2D eigenvalue weighted by molar-refractivity contribution is 5.85. The van der Waals surface area contributed by atoms with Gasteiger partial charge in [-0.2, -0.15) is 5.26 Å². The van der Waals surface area contributed by atoms with E-state index in [1.807, 2.05) is 24.0 Å². The van der Waals surface area contributed by atoms with Crippen molar-refractivity contribution in [2.24, 2.45) is 0 Å². The molecule has 1 aliphatic heterocycles. The number of carbonyl (C=O) groups excluding carboxylic acids is 1. The maximum absolute atomic E-state index is 12.2. The average Bonchev–Trinajstić information content (AvgIpc) is 2.52. The van der Waals surface area contributed by atoms with Crippen LogP contribution in [0.25, 0.3) is 0 Å². The quantitative estimate of drug-likeness (QED) is 0.873. The summed E-state index contributed by atoms with van der Waals surface area (Å²) in [5.41, 5.74) is 0.349. The van der Waals surface area contributed by atoms with Crippen molar-refractivity contribution in [2.45, 2.75) is 19.4 Å². The molecule has 1 atom stereocenters. The van der Waals surface area contributed by atoms with Crippen molar-refractivity contribution in [3.63, 3.8) is 0 Å². The summed E-state index contributed by atoms with van der Waals surface area (Å²) in [6.45, 7) is 4.14. The number of hydrogen-bond donors (Lipinski definition) is 1. The smallest absolute Gasteiger partial charge is 0.245 e. The summed E-state index contributed by atoms with van der Waals surface area (Å²) in [7, 11) is 0. The first-order chi connectivity index (χ1) is 9.76. The maximum Gasteiger partial charge on any atom is 0.245 e. The van der Waals surface area contributed by atoms with Gasteiger partial charge in [-0.1, -0.05) is 13.0 Å². The van der Waals surface area contributed by atoms with Crippen LogP contribution in [0.15, 0.2) is 18.2 Å². The number of anilines is 1. The fraction of sp³-hybridized carbons (Fsp3) is 0.500. The van der Waals surface area contributed by atoms with Crippen molar-refractivity contribution in [2.75, 3.05) is 31.2 Å². The van der Waals surface area contributed by atoms with Crippen molar-refractivity contribution in [3.8, 4) is 6.07 Å². The Bertz CT molecular complexity index is 512. The molecule has 1 fully saturated rings. The van der Waals surface area contributed by atoms with Gasteiger partial charge in [-0.05, 0) is 18.6 Å². The highest BCUT2D eigenvalue weighted by Gasteiger charge is 2.30. The number of rotatable bonds is 4. The summed E-state index contributed by atoms with van der Waals surface area (Å²) in [5.74, 6) is 0.583. The Morgan fingerprint density at radius 3 is 3.25 bits per heavy atom.